The van der Waals surface area contributed by atoms with Crippen LogP contribution in [0.1, 0.15) is 80.2 Å². The van der Waals surface area contributed by atoms with Crippen LogP contribution in [0.5, 0.6) is 0 Å². The number of rotatable bonds is 12. The summed E-state index contributed by atoms with van der Waals surface area (Å²) in [4.78, 5) is 27.1. The molecule has 9 nitrogen and oxygen atoms in total. The largest absolute Gasteiger partial charge is 0.375 e. The van der Waals surface area contributed by atoms with E-state index in [0.29, 0.717) is 39.3 Å². The van der Waals surface area contributed by atoms with Crippen LogP contribution in [0.15, 0.2) is 48.5 Å². The van der Waals surface area contributed by atoms with Gasteiger partial charge in [-0.15, -0.1) is 5.10 Å². The molecule has 2 aromatic carbocycles. The van der Waals surface area contributed by atoms with Crippen LogP contribution in [-0.4, -0.2) is 57.8 Å². The molecule has 0 bridgehead atoms. The van der Waals surface area contributed by atoms with E-state index < -0.39 is 5.60 Å². The first-order chi connectivity index (χ1) is 20.7. The second-order valence-electron chi connectivity index (χ2n) is 14.0. The minimum atomic E-state index is -0.524. The Morgan fingerprint density at radius 2 is 1.59 bits per heavy atom. The van der Waals surface area contributed by atoms with Crippen molar-refractivity contribution in [2.75, 3.05) is 24.7 Å². The summed E-state index contributed by atoms with van der Waals surface area (Å²) < 4.78 is 14.6. The van der Waals surface area contributed by atoms with E-state index in [-0.39, 0.29) is 29.3 Å². The number of amides is 2. The number of para-hydroxylation sites is 1. The van der Waals surface area contributed by atoms with Gasteiger partial charge >= 0.3 is 0 Å². The summed E-state index contributed by atoms with van der Waals surface area (Å²) in [5.74, 6) is -0.134. The molecule has 0 spiro atoms. The van der Waals surface area contributed by atoms with E-state index >= 15 is 0 Å². The zero-order valence-electron chi connectivity index (χ0n) is 27.7. The van der Waals surface area contributed by atoms with Crippen LogP contribution in [0, 0.1) is 5.41 Å². The minimum Gasteiger partial charge on any atom is -0.375 e. The van der Waals surface area contributed by atoms with Gasteiger partial charge in [-0.05, 0) is 51.2 Å². The molecule has 0 saturated heterocycles. The van der Waals surface area contributed by atoms with Gasteiger partial charge in [0.15, 0.2) is 0 Å². The zero-order valence-corrected chi connectivity index (χ0v) is 27.7. The second-order valence-corrected chi connectivity index (χ2v) is 14.0. The number of nitrogens with zero attached hydrogens (tertiary/aromatic N) is 4. The molecule has 4 rings (SSSR count). The van der Waals surface area contributed by atoms with Crippen LogP contribution in [0.3, 0.4) is 0 Å². The summed E-state index contributed by atoms with van der Waals surface area (Å²) in [5.41, 5.74) is 4.50. The van der Waals surface area contributed by atoms with Crippen LogP contribution in [0.4, 0.5) is 5.69 Å². The molecule has 238 valence electrons. The fourth-order valence-corrected chi connectivity index (χ4v) is 5.18. The van der Waals surface area contributed by atoms with Crippen molar-refractivity contribution in [1.82, 2.24) is 20.3 Å². The number of ether oxygens (including phenoxy) is 2. The molecule has 0 fully saturated rings. The van der Waals surface area contributed by atoms with E-state index in [1.54, 1.807) is 11.8 Å². The maximum atomic E-state index is 13.6. The van der Waals surface area contributed by atoms with E-state index in [9.17, 15) is 9.59 Å². The van der Waals surface area contributed by atoms with Gasteiger partial charge in [0.05, 0.1) is 48.9 Å². The van der Waals surface area contributed by atoms with Crippen LogP contribution < -0.4 is 10.2 Å². The maximum Gasteiger partial charge on any atom is 0.229 e. The molecular weight excluding hydrogens is 554 g/mol. The first kappa shape index (κ1) is 33.3. The van der Waals surface area contributed by atoms with Gasteiger partial charge in [0.2, 0.25) is 11.8 Å². The third-order valence-corrected chi connectivity index (χ3v) is 7.69. The topological polar surface area (TPSA) is 98.6 Å². The zero-order chi connectivity index (χ0) is 32.1. The van der Waals surface area contributed by atoms with Crippen LogP contribution >= 0.6 is 0 Å². The van der Waals surface area contributed by atoms with Gasteiger partial charge in [-0.25, -0.2) is 4.68 Å². The van der Waals surface area contributed by atoms with Crippen molar-refractivity contribution < 1.29 is 19.1 Å². The fourth-order valence-electron chi connectivity index (χ4n) is 5.18. The lowest BCUT2D eigenvalue weighted by molar-refractivity contribution is -0.121. The van der Waals surface area contributed by atoms with Gasteiger partial charge in [-0.1, -0.05) is 75.4 Å². The summed E-state index contributed by atoms with van der Waals surface area (Å²) in [7, 11) is 0. The predicted molar refractivity (Wildman–Crippen MR) is 174 cm³/mol. The van der Waals surface area contributed by atoms with E-state index in [1.165, 1.54) is 0 Å². The molecule has 9 heteroatoms. The van der Waals surface area contributed by atoms with E-state index in [4.69, 9.17) is 9.47 Å². The Bertz CT molecular complexity index is 1450. The third kappa shape index (κ3) is 8.54. The summed E-state index contributed by atoms with van der Waals surface area (Å²) in [6.45, 7) is 19.1. The van der Waals surface area contributed by atoms with Gasteiger partial charge in [0.25, 0.3) is 0 Å². The number of carbonyl (C=O) groups excluding carboxylic acids is 2. The van der Waals surface area contributed by atoms with Crippen molar-refractivity contribution in [3.8, 4) is 22.5 Å². The number of hydrogen-bond donors (Lipinski definition) is 1. The molecule has 1 N–H and O–H groups in total. The van der Waals surface area contributed by atoms with Gasteiger partial charge in [-0.3, -0.25) is 9.59 Å². The lowest BCUT2D eigenvalue weighted by Gasteiger charge is -2.32. The molecule has 0 atom stereocenters. The minimum absolute atomic E-state index is 0.0663. The molecule has 1 aliphatic heterocycles. The van der Waals surface area contributed by atoms with Crippen molar-refractivity contribution in [1.29, 1.82) is 0 Å². The predicted octanol–water partition coefficient (Wildman–Crippen LogP) is 6.40. The SMILES string of the molecule is CCC(=O)NCCC(=O)N1Cc2ccccc2-c2c(nnn2CC(C)(C)OCCC(C)(C)OCC(C)(C)C)-c2ccccc21. The van der Waals surface area contributed by atoms with Gasteiger partial charge < -0.3 is 19.7 Å². The molecule has 1 aromatic heterocycles. The highest BCUT2D eigenvalue weighted by Crippen LogP contribution is 2.41. The van der Waals surface area contributed by atoms with Crippen molar-refractivity contribution >= 4 is 17.5 Å². The number of aromatic nitrogens is 3. The molecule has 3 aromatic rings. The number of fused-ring (bicyclic) bond motifs is 5. The molecule has 44 heavy (non-hydrogen) atoms. The molecular formula is C35H49N5O4. The van der Waals surface area contributed by atoms with Crippen molar-refractivity contribution in [3.63, 3.8) is 0 Å². The Morgan fingerprint density at radius 3 is 2.30 bits per heavy atom. The molecule has 0 aliphatic carbocycles. The monoisotopic (exact) mass is 603 g/mol. The number of hydrogen-bond acceptors (Lipinski definition) is 6. The van der Waals surface area contributed by atoms with Crippen molar-refractivity contribution in [3.05, 3.63) is 54.1 Å². The molecule has 2 heterocycles. The third-order valence-electron chi connectivity index (χ3n) is 7.69. The maximum absolute atomic E-state index is 13.6. The first-order valence-corrected chi connectivity index (χ1v) is 15.7. The van der Waals surface area contributed by atoms with E-state index in [0.717, 1.165) is 40.2 Å². The molecule has 1 aliphatic rings. The number of carbonyl (C=O) groups is 2. The van der Waals surface area contributed by atoms with Gasteiger partial charge in [0.1, 0.15) is 5.69 Å². The van der Waals surface area contributed by atoms with E-state index in [1.807, 2.05) is 47.1 Å². The normalized spacial score (nSPS) is 13.4. The highest BCUT2D eigenvalue weighted by molar-refractivity contribution is 6.00. The Morgan fingerprint density at radius 1 is 0.909 bits per heavy atom. The Labute approximate surface area is 262 Å². The molecule has 0 saturated carbocycles. The summed E-state index contributed by atoms with van der Waals surface area (Å²) in [6.07, 6.45) is 1.35. The Kier molecular flexibility index (Phi) is 10.3. The highest BCUT2D eigenvalue weighted by Gasteiger charge is 2.31. The van der Waals surface area contributed by atoms with E-state index in [2.05, 4.69) is 70.2 Å². The lowest BCUT2D eigenvalue weighted by Crippen LogP contribution is -2.36. The lowest BCUT2D eigenvalue weighted by atomic mass is 9.95. The Balaban J connectivity index is 1.60. The second kappa shape index (κ2) is 13.6. The standard InChI is InChI=1S/C35H49N5O4/c1-9-29(41)36-20-18-30(42)39-22-25-14-10-11-15-26(25)32-31(27-16-12-13-17-28(27)39)37-38-40(32)23-35(7,8)43-21-19-34(5,6)44-24-33(2,3)4/h10-17H,9,18-24H2,1-8H3,(H,36,41). The number of anilines is 1. The average molecular weight is 604 g/mol. The summed E-state index contributed by atoms with van der Waals surface area (Å²) in [5, 5.41) is 12.1. The van der Waals surface area contributed by atoms with Gasteiger partial charge in [-0.2, -0.15) is 0 Å². The quantitative estimate of drug-likeness (QED) is 0.257. The molecule has 2 amide bonds. The van der Waals surface area contributed by atoms with Crippen LogP contribution in [-0.2, 0) is 32.2 Å². The van der Waals surface area contributed by atoms with Crippen molar-refractivity contribution in [2.45, 2.75) is 98.9 Å². The van der Waals surface area contributed by atoms with Crippen LogP contribution in [0.2, 0.25) is 0 Å². The van der Waals surface area contributed by atoms with Gasteiger partial charge in [0, 0.05) is 30.5 Å². The number of benzene rings is 2. The summed E-state index contributed by atoms with van der Waals surface area (Å²) >= 11 is 0. The van der Waals surface area contributed by atoms with Crippen LogP contribution in [0.25, 0.3) is 22.5 Å². The van der Waals surface area contributed by atoms with Crippen molar-refractivity contribution in [2.24, 2.45) is 5.41 Å². The molecule has 0 radical (unpaired) electrons. The smallest absolute Gasteiger partial charge is 0.229 e. The highest BCUT2D eigenvalue weighted by atomic mass is 16.5. The fraction of sp³-hybridized carbons (Fsp3) is 0.543. The summed E-state index contributed by atoms with van der Waals surface area (Å²) in [6, 6.07) is 15.9. The molecule has 0 unspecified atom stereocenters. The Hall–Kier alpha value is -3.56. The first-order valence-electron chi connectivity index (χ1n) is 15.7. The average Bonchev–Trinajstić information content (AvgIpc) is 3.35. The number of nitrogens with one attached hydrogen (secondary N) is 1.